The van der Waals surface area contributed by atoms with E-state index in [2.05, 4.69) is 22.3 Å². The minimum Gasteiger partial charge on any atom is -0.339 e. The molecule has 0 spiro atoms. The van der Waals surface area contributed by atoms with Crippen LogP contribution in [0.4, 0.5) is 0 Å². The molecule has 1 aromatic rings. The van der Waals surface area contributed by atoms with Gasteiger partial charge in [-0.15, -0.1) is 0 Å². The van der Waals surface area contributed by atoms with Crippen LogP contribution in [0.5, 0.6) is 0 Å². The Kier molecular flexibility index (Phi) is 4.53. The molecule has 21 heavy (non-hydrogen) atoms. The number of aromatic nitrogens is 3. The van der Waals surface area contributed by atoms with E-state index >= 15 is 0 Å². The quantitative estimate of drug-likeness (QED) is 0.880. The standard InChI is InChI=1S/C15H25N5O/c1-12-3-2-6-20(12)15(21)8-17-14-5-4-13(7-14)9-19-11-16-10-18-19/h10-14,17H,2-9H2,1H3/t12-,13?,14?/m1/s1. The van der Waals surface area contributed by atoms with Gasteiger partial charge in [-0.05, 0) is 44.9 Å². The van der Waals surface area contributed by atoms with E-state index in [0.29, 0.717) is 24.5 Å². The van der Waals surface area contributed by atoms with Crippen LogP contribution in [0.25, 0.3) is 0 Å². The molecule has 1 aromatic heterocycles. The number of carbonyl (C=O) groups excluding carboxylic acids is 1. The zero-order valence-electron chi connectivity index (χ0n) is 12.7. The normalized spacial score (nSPS) is 29.2. The molecule has 1 saturated heterocycles. The van der Waals surface area contributed by atoms with Crippen molar-refractivity contribution in [1.82, 2.24) is 25.0 Å². The Morgan fingerprint density at radius 1 is 1.38 bits per heavy atom. The van der Waals surface area contributed by atoms with E-state index in [4.69, 9.17) is 0 Å². The van der Waals surface area contributed by atoms with Gasteiger partial charge in [-0.3, -0.25) is 9.48 Å². The van der Waals surface area contributed by atoms with Crippen LogP contribution in [0.3, 0.4) is 0 Å². The van der Waals surface area contributed by atoms with Crippen LogP contribution in [0.1, 0.15) is 39.0 Å². The van der Waals surface area contributed by atoms with Gasteiger partial charge in [-0.1, -0.05) is 0 Å². The summed E-state index contributed by atoms with van der Waals surface area (Å²) in [6.45, 7) is 4.51. The van der Waals surface area contributed by atoms with Crippen molar-refractivity contribution < 1.29 is 4.79 Å². The third kappa shape index (κ3) is 3.61. The Morgan fingerprint density at radius 2 is 2.29 bits per heavy atom. The van der Waals surface area contributed by atoms with E-state index < -0.39 is 0 Å². The molecular formula is C15H25N5O. The third-order valence-corrected chi connectivity index (χ3v) is 4.87. The van der Waals surface area contributed by atoms with E-state index in [9.17, 15) is 4.79 Å². The van der Waals surface area contributed by atoms with Gasteiger partial charge in [0, 0.05) is 25.2 Å². The highest BCUT2D eigenvalue weighted by Crippen LogP contribution is 2.26. The molecule has 2 fully saturated rings. The summed E-state index contributed by atoms with van der Waals surface area (Å²) >= 11 is 0. The molecular weight excluding hydrogens is 266 g/mol. The van der Waals surface area contributed by atoms with Crippen LogP contribution in [0.2, 0.25) is 0 Å². The summed E-state index contributed by atoms with van der Waals surface area (Å²) < 4.78 is 1.91. The molecule has 0 radical (unpaired) electrons. The zero-order valence-corrected chi connectivity index (χ0v) is 12.7. The van der Waals surface area contributed by atoms with E-state index in [1.165, 1.54) is 6.42 Å². The fourth-order valence-corrected chi connectivity index (χ4v) is 3.65. The fraction of sp³-hybridized carbons (Fsp3) is 0.800. The first-order chi connectivity index (χ1) is 10.2. The van der Waals surface area contributed by atoms with Gasteiger partial charge < -0.3 is 10.2 Å². The largest absolute Gasteiger partial charge is 0.339 e. The van der Waals surface area contributed by atoms with Crippen LogP contribution >= 0.6 is 0 Å². The van der Waals surface area contributed by atoms with E-state index in [0.717, 1.165) is 38.8 Å². The zero-order chi connectivity index (χ0) is 14.7. The first-order valence-corrected chi connectivity index (χ1v) is 8.07. The molecule has 6 nitrogen and oxygen atoms in total. The lowest BCUT2D eigenvalue weighted by Crippen LogP contribution is -2.42. The summed E-state index contributed by atoms with van der Waals surface area (Å²) in [5, 5.41) is 7.62. The van der Waals surface area contributed by atoms with Crippen molar-refractivity contribution >= 4 is 5.91 Å². The van der Waals surface area contributed by atoms with Gasteiger partial charge in [-0.25, -0.2) is 4.98 Å². The van der Waals surface area contributed by atoms with E-state index in [1.54, 1.807) is 12.7 Å². The molecule has 2 unspecified atom stereocenters. The second-order valence-corrected chi connectivity index (χ2v) is 6.45. The summed E-state index contributed by atoms with van der Waals surface area (Å²) in [7, 11) is 0. The van der Waals surface area contributed by atoms with Gasteiger partial charge in [0.2, 0.25) is 5.91 Å². The van der Waals surface area contributed by atoms with Crippen molar-refractivity contribution in [3.63, 3.8) is 0 Å². The lowest BCUT2D eigenvalue weighted by atomic mass is 10.1. The predicted molar refractivity (Wildman–Crippen MR) is 79.6 cm³/mol. The number of nitrogens with one attached hydrogen (secondary N) is 1. The number of carbonyl (C=O) groups is 1. The monoisotopic (exact) mass is 291 g/mol. The molecule has 2 heterocycles. The van der Waals surface area contributed by atoms with Gasteiger partial charge in [-0.2, -0.15) is 5.10 Å². The van der Waals surface area contributed by atoms with Gasteiger partial charge in [0.25, 0.3) is 0 Å². The van der Waals surface area contributed by atoms with Crippen LogP contribution in [-0.4, -0.2) is 50.7 Å². The third-order valence-electron chi connectivity index (χ3n) is 4.87. The van der Waals surface area contributed by atoms with Gasteiger partial charge >= 0.3 is 0 Å². The molecule has 2 aliphatic rings. The molecule has 116 valence electrons. The molecule has 1 N–H and O–H groups in total. The van der Waals surface area contributed by atoms with Crippen LogP contribution in [0.15, 0.2) is 12.7 Å². The number of hydrogen-bond donors (Lipinski definition) is 1. The maximum absolute atomic E-state index is 12.2. The number of likely N-dealkylation sites (tertiary alicyclic amines) is 1. The Hall–Kier alpha value is -1.43. The first kappa shape index (κ1) is 14.5. The number of nitrogens with zero attached hydrogens (tertiary/aromatic N) is 4. The summed E-state index contributed by atoms with van der Waals surface area (Å²) in [5.74, 6) is 0.907. The molecule has 0 aromatic carbocycles. The minimum absolute atomic E-state index is 0.264. The number of hydrogen-bond acceptors (Lipinski definition) is 4. The highest BCUT2D eigenvalue weighted by Gasteiger charge is 2.28. The van der Waals surface area contributed by atoms with Crippen molar-refractivity contribution in [3.8, 4) is 0 Å². The highest BCUT2D eigenvalue weighted by atomic mass is 16.2. The molecule has 1 amide bonds. The first-order valence-electron chi connectivity index (χ1n) is 8.07. The average molecular weight is 291 g/mol. The molecule has 3 atom stereocenters. The van der Waals surface area contributed by atoms with Crippen molar-refractivity contribution in [3.05, 3.63) is 12.7 Å². The fourth-order valence-electron chi connectivity index (χ4n) is 3.65. The smallest absolute Gasteiger partial charge is 0.236 e. The second-order valence-electron chi connectivity index (χ2n) is 6.45. The average Bonchev–Trinajstić information content (AvgIpc) is 3.19. The SMILES string of the molecule is C[C@@H]1CCCN1C(=O)CNC1CCC(Cn2cncn2)C1. The maximum Gasteiger partial charge on any atom is 0.236 e. The Morgan fingerprint density at radius 3 is 3.00 bits per heavy atom. The summed E-state index contributed by atoms with van der Waals surface area (Å²) in [4.78, 5) is 18.2. The second kappa shape index (κ2) is 6.56. The van der Waals surface area contributed by atoms with Gasteiger partial charge in [0.05, 0.1) is 6.54 Å². The predicted octanol–water partition coefficient (Wildman–Crippen LogP) is 1.05. The topological polar surface area (TPSA) is 63.1 Å². The van der Waals surface area contributed by atoms with E-state index in [1.807, 2.05) is 9.58 Å². The van der Waals surface area contributed by atoms with Crippen molar-refractivity contribution in [2.24, 2.45) is 5.92 Å². The summed E-state index contributed by atoms with van der Waals surface area (Å²) in [6, 6.07) is 0.892. The molecule has 3 rings (SSSR count). The lowest BCUT2D eigenvalue weighted by molar-refractivity contribution is -0.130. The van der Waals surface area contributed by atoms with Gasteiger partial charge in [0.1, 0.15) is 12.7 Å². The minimum atomic E-state index is 0.264. The van der Waals surface area contributed by atoms with Crippen LogP contribution in [-0.2, 0) is 11.3 Å². The molecule has 1 aliphatic carbocycles. The Bertz CT molecular complexity index is 461. The molecule has 1 aliphatic heterocycles. The molecule has 0 bridgehead atoms. The Balaban J connectivity index is 1.39. The van der Waals surface area contributed by atoms with Crippen LogP contribution in [0, 0.1) is 5.92 Å². The van der Waals surface area contributed by atoms with Crippen molar-refractivity contribution in [1.29, 1.82) is 0 Å². The van der Waals surface area contributed by atoms with E-state index in [-0.39, 0.29) is 5.91 Å². The lowest BCUT2D eigenvalue weighted by Gasteiger charge is -2.22. The van der Waals surface area contributed by atoms with Crippen molar-refractivity contribution in [2.75, 3.05) is 13.1 Å². The number of amides is 1. The maximum atomic E-state index is 12.2. The summed E-state index contributed by atoms with van der Waals surface area (Å²) in [5.41, 5.74) is 0. The molecule has 1 saturated carbocycles. The molecule has 6 heteroatoms. The van der Waals surface area contributed by atoms with Crippen LogP contribution < -0.4 is 5.32 Å². The highest BCUT2D eigenvalue weighted by molar-refractivity contribution is 5.78. The number of rotatable bonds is 5. The van der Waals surface area contributed by atoms with Crippen molar-refractivity contribution in [2.45, 2.75) is 57.7 Å². The summed E-state index contributed by atoms with van der Waals surface area (Å²) in [6.07, 6.45) is 9.14. The Labute approximate surface area is 125 Å². The van der Waals surface area contributed by atoms with Gasteiger partial charge in [0.15, 0.2) is 0 Å².